The lowest BCUT2D eigenvalue weighted by Crippen LogP contribution is -2.14. The van der Waals surface area contributed by atoms with Gasteiger partial charge in [0, 0.05) is 0 Å². The highest BCUT2D eigenvalue weighted by molar-refractivity contribution is 6.04. The fraction of sp³-hybridized carbons (Fsp3) is 0.412. The average Bonchev–Trinajstić information content (AvgIpc) is 3.48. The molecule has 2 saturated carbocycles. The van der Waals surface area contributed by atoms with E-state index in [9.17, 15) is 19.8 Å². The van der Waals surface area contributed by atoms with E-state index in [1.807, 2.05) is 24.3 Å². The molecule has 2 aliphatic rings. The lowest BCUT2D eigenvalue weighted by molar-refractivity contribution is 0.0686. The van der Waals surface area contributed by atoms with Crippen LogP contribution in [0.15, 0.2) is 54.6 Å². The first-order valence-corrected chi connectivity index (χ1v) is 14.4. The summed E-state index contributed by atoms with van der Waals surface area (Å²) in [6, 6.07) is 17.0. The molecule has 198 valence electrons. The van der Waals surface area contributed by atoms with E-state index >= 15 is 0 Å². The van der Waals surface area contributed by atoms with Crippen LogP contribution in [0.4, 0.5) is 0 Å². The fourth-order valence-electron chi connectivity index (χ4n) is 7.01. The molecule has 0 unspecified atom stereocenters. The second-order valence-electron chi connectivity index (χ2n) is 11.1. The Bertz CT molecular complexity index is 1330. The van der Waals surface area contributed by atoms with Crippen LogP contribution in [-0.4, -0.2) is 22.2 Å². The Balaban J connectivity index is 1.95. The van der Waals surface area contributed by atoms with Gasteiger partial charge in [-0.2, -0.15) is 0 Å². The normalized spacial score (nSPS) is 16.6. The molecule has 0 bridgehead atoms. The Morgan fingerprint density at radius 3 is 1.76 bits per heavy atom. The molecule has 0 amide bonds. The van der Waals surface area contributed by atoms with Crippen molar-refractivity contribution in [2.75, 3.05) is 0 Å². The van der Waals surface area contributed by atoms with Gasteiger partial charge in [0.2, 0.25) is 0 Å². The number of aromatic carboxylic acids is 2. The highest BCUT2D eigenvalue weighted by Crippen LogP contribution is 2.51. The van der Waals surface area contributed by atoms with Crippen molar-refractivity contribution in [2.24, 2.45) is 0 Å². The second-order valence-corrected chi connectivity index (χ2v) is 11.1. The van der Waals surface area contributed by atoms with E-state index in [1.165, 1.54) is 43.2 Å². The van der Waals surface area contributed by atoms with Crippen LogP contribution in [0.1, 0.15) is 120 Å². The third-order valence-electron chi connectivity index (χ3n) is 8.66. The minimum atomic E-state index is -0.959. The second kappa shape index (κ2) is 11.6. The van der Waals surface area contributed by atoms with Gasteiger partial charge >= 0.3 is 11.9 Å². The molecule has 5 rings (SSSR count). The van der Waals surface area contributed by atoms with E-state index in [1.54, 1.807) is 24.3 Å². The number of rotatable bonds is 8. The lowest BCUT2D eigenvalue weighted by atomic mass is 9.72. The Labute approximate surface area is 225 Å². The molecule has 4 nitrogen and oxygen atoms in total. The van der Waals surface area contributed by atoms with E-state index in [4.69, 9.17) is 0 Å². The maximum absolute atomic E-state index is 12.6. The molecule has 2 N–H and O–H groups in total. The quantitative estimate of drug-likeness (QED) is 0.317. The van der Waals surface area contributed by atoms with Crippen molar-refractivity contribution in [1.82, 2.24) is 0 Å². The minimum absolute atomic E-state index is 0.265. The van der Waals surface area contributed by atoms with E-state index in [-0.39, 0.29) is 11.1 Å². The zero-order valence-corrected chi connectivity index (χ0v) is 22.3. The van der Waals surface area contributed by atoms with E-state index in [0.29, 0.717) is 23.0 Å². The fourth-order valence-corrected chi connectivity index (χ4v) is 7.01. The molecule has 0 aromatic heterocycles. The third kappa shape index (κ3) is 5.01. The summed E-state index contributed by atoms with van der Waals surface area (Å²) in [6.45, 7) is 2.16. The maximum Gasteiger partial charge on any atom is 0.336 e. The Hall–Kier alpha value is -3.40. The molecular weight excluding hydrogens is 472 g/mol. The van der Waals surface area contributed by atoms with Crippen LogP contribution in [-0.2, 0) is 6.42 Å². The molecule has 4 heteroatoms. The number of hydrogen-bond acceptors (Lipinski definition) is 2. The van der Waals surface area contributed by atoms with Crippen LogP contribution < -0.4 is 0 Å². The van der Waals surface area contributed by atoms with E-state index in [2.05, 4.69) is 13.0 Å². The molecule has 2 fully saturated rings. The molecule has 0 aliphatic heterocycles. The molecule has 0 radical (unpaired) electrons. The number of carboxylic acid groups (broad SMARTS) is 2. The largest absolute Gasteiger partial charge is 0.478 e. The summed E-state index contributed by atoms with van der Waals surface area (Å²) in [5.74, 6) is -1.08. The van der Waals surface area contributed by atoms with Crippen LogP contribution in [0, 0.1) is 0 Å². The van der Waals surface area contributed by atoms with Gasteiger partial charge in [0.05, 0.1) is 11.1 Å². The molecule has 0 heterocycles. The van der Waals surface area contributed by atoms with Crippen LogP contribution in [0.2, 0.25) is 0 Å². The first-order valence-electron chi connectivity index (χ1n) is 14.4. The molecule has 0 atom stereocenters. The van der Waals surface area contributed by atoms with E-state index < -0.39 is 11.9 Å². The summed E-state index contributed by atoms with van der Waals surface area (Å²) >= 11 is 0. The van der Waals surface area contributed by atoms with Crippen LogP contribution in [0.5, 0.6) is 0 Å². The van der Waals surface area contributed by atoms with Crippen LogP contribution in [0.25, 0.3) is 22.3 Å². The molecule has 3 aromatic rings. The lowest BCUT2D eigenvalue weighted by Gasteiger charge is -2.32. The molecule has 3 aromatic carbocycles. The number of carbonyl (C=O) groups is 2. The van der Waals surface area contributed by atoms with Crippen molar-refractivity contribution in [1.29, 1.82) is 0 Å². The number of carboxylic acids is 2. The highest BCUT2D eigenvalue weighted by atomic mass is 16.4. The summed E-state index contributed by atoms with van der Waals surface area (Å²) in [4.78, 5) is 25.0. The maximum atomic E-state index is 12.6. The number of benzene rings is 3. The zero-order chi connectivity index (χ0) is 26.6. The van der Waals surface area contributed by atoms with Gasteiger partial charge < -0.3 is 10.2 Å². The van der Waals surface area contributed by atoms with Gasteiger partial charge in [-0.3, -0.25) is 0 Å². The van der Waals surface area contributed by atoms with Gasteiger partial charge in [0.25, 0.3) is 0 Å². The number of aryl methyl sites for hydroxylation is 1. The first kappa shape index (κ1) is 26.2. The standard InChI is InChI=1S/C34H38O4/c1-2-12-24-21-29(22-13-4-3-5-14-22)30(23-15-6-7-16-23)32(26-18-9-11-20-28(26)34(37)38)31(24)25-17-8-10-19-27(25)33(35)36/h8-11,17-23H,2-7,12-16H2,1H3,(H,35,36)(H,37,38). The van der Waals surface area contributed by atoms with Gasteiger partial charge in [-0.05, 0) is 95.0 Å². The summed E-state index contributed by atoms with van der Waals surface area (Å²) in [5.41, 5.74) is 7.66. The average molecular weight is 511 g/mol. The molecule has 0 saturated heterocycles. The summed E-state index contributed by atoms with van der Waals surface area (Å²) in [7, 11) is 0. The highest BCUT2D eigenvalue weighted by Gasteiger charge is 2.33. The molecular formula is C34H38O4. The monoisotopic (exact) mass is 510 g/mol. The van der Waals surface area contributed by atoms with Gasteiger partial charge in [-0.25, -0.2) is 9.59 Å². The van der Waals surface area contributed by atoms with Crippen LogP contribution in [0.3, 0.4) is 0 Å². The number of hydrogen-bond donors (Lipinski definition) is 2. The zero-order valence-electron chi connectivity index (χ0n) is 22.3. The van der Waals surface area contributed by atoms with Crippen molar-refractivity contribution in [2.45, 2.75) is 89.4 Å². The third-order valence-corrected chi connectivity index (χ3v) is 8.66. The van der Waals surface area contributed by atoms with Crippen molar-refractivity contribution in [3.8, 4) is 22.3 Å². The van der Waals surface area contributed by atoms with Crippen molar-refractivity contribution < 1.29 is 19.8 Å². The smallest absolute Gasteiger partial charge is 0.336 e. The van der Waals surface area contributed by atoms with Crippen molar-refractivity contribution in [3.05, 3.63) is 82.4 Å². The Kier molecular flexibility index (Phi) is 7.97. The Morgan fingerprint density at radius 1 is 0.711 bits per heavy atom. The van der Waals surface area contributed by atoms with Gasteiger partial charge in [0.1, 0.15) is 0 Å². The summed E-state index contributed by atoms with van der Waals surface area (Å²) < 4.78 is 0. The SMILES string of the molecule is CCCc1cc(C2CCCCC2)c(C2CCCC2)c(-c2ccccc2C(=O)O)c1-c1ccccc1C(=O)O. The first-order chi connectivity index (χ1) is 18.5. The van der Waals surface area contributed by atoms with Gasteiger partial charge in [-0.1, -0.05) is 87.9 Å². The topological polar surface area (TPSA) is 74.6 Å². The molecule has 0 spiro atoms. The molecule has 2 aliphatic carbocycles. The van der Waals surface area contributed by atoms with Gasteiger partial charge in [-0.15, -0.1) is 0 Å². The minimum Gasteiger partial charge on any atom is -0.478 e. The Morgan fingerprint density at radius 2 is 1.21 bits per heavy atom. The summed E-state index contributed by atoms with van der Waals surface area (Å²) in [6.07, 6.45) is 12.3. The van der Waals surface area contributed by atoms with Crippen molar-refractivity contribution >= 4 is 11.9 Å². The van der Waals surface area contributed by atoms with Gasteiger partial charge in [0.15, 0.2) is 0 Å². The van der Waals surface area contributed by atoms with E-state index in [0.717, 1.165) is 55.2 Å². The van der Waals surface area contributed by atoms with Crippen molar-refractivity contribution in [3.63, 3.8) is 0 Å². The van der Waals surface area contributed by atoms with Crippen LogP contribution >= 0.6 is 0 Å². The predicted octanol–water partition coefficient (Wildman–Crippen LogP) is 9.07. The summed E-state index contributed by atoms with van der Waals surface area (Å²) in [5, 5.41) is 20.5. The molecule has 38 heavy (non-hydrogen) atoms. The predicted molar refractivity (Wildman–Crippen MR) is 152 cm³/mol.